The minimum atomic E-state index is -0.154. The van der Waals surface area contributed by atoms with Crippen LogP contribution < -0.4 is 14.4 Å². The van der Waals surface area contributed by atoms with Gasteiger partial charge in [-0.2, -0.15) is 0 Å². The van der Waals surface area contributed by atoms with E-state index in [-0.39, 0.29) is 5.91 Å². The van der Waals surface area contributed by atoms with E-state index in [0.29, 0.717) is 33.0 Å². The van der Waals surface area contributed by atoms with Gasteiger partial charge in [0.2, 0.25) is 0 Å². The molecule has 0 bridgehead atoms. The molecule has 1 aromatic carbocycles. The molecule has 0 N–H and O–H groups in total. The molecule has 26 heavy (non-hydrogen) atoms. The van der Waals surface area contributed by atoms with Gasteiger partial charge in [-0.05, 0) is 42.3 Å². The van der Waals surface area contributed by atoms with E-state index in [1.54, 1.807) is 25.6 Å². The number of thioether (sulfide) groups is 1. The molecule has 0 atom stereocenters. The highest BCUT2D eigenvalue weighted by Crippen LogP contribution is 2.37. The maximum absolute atomic E-state index is 12.7. The monoisotopic (exact) mass is 386 g/mol. The van der Waals surface area contributed by atoms with E-state index in [2.05, 4.69) is 4.98 Å². The van der Waals surface area contributed by atoms with E-state index in [4.69, 9.17) is 21.7 Å². The number of nitrogens with zero attached hydrogens (tertiary/aromatic N) is 2. The molecule has 2 aromatic rings. The van der Waals surface area contributed by atoms with E-state index >= 15 is 0 Å². The van der Waals surface area contributed by atoms with Crippen LogP contribution in [0.3, 0.4) is 0 Å². The summed E-state index contributed by atoms with van der Waals surface area (Å²) in [4.78, 5) is 18.9. The summed E-state index contributed by atoms with van der Waals surface area (Å²) in [6, 6.07) is 9.18. The number of carbonyl (C=O) groups excluding carboxylic acids is 1. The van der Waals surface area contributed by atoms with Crippen LogP contribution in [-0.4, -0.2) is 28.9 Å². The Morgan fingerprint density at radius 2 is 2.15 bits per heavy atom. The standard InChI is InChI=1S/C19H18N2O3S2/c1-3-9-24-15-7-6-13(10-16(15)23-2)11-17-18(22)21(19(25)26-17)14-5-4-8-20-12-14/h4-8,10-12H,3,9H2,1-2H3/b17-11-. The molecular formula is C19H18N2O3S2. The van der Waals surface area contributed by atoms with Gasteiger partial charge >= 0.3 is 0 Å². The molecule has 1 fully saturated rings. The van der Waals surface area contributed by atoms with Crippen LogP contribution in [0.1, 0.15) is 18.9 Å². The van der Waals surface area contributed by atoms with Gasteiger partial charge in [0.25, 0.3) is 5.91 Å². The Labute approximate surface area is 162 Å². The summed E-state index contributed by atoms with van der Waals surface area (Å²) in [5.41, 5.74) is 1.51. The zero-order valence-electron chi connectivity index (χ0n) is 14.5. The Bertz CT molecular complexity index is 853. The molecular weight excluding hydrogens is 368 g/mol. The summed E-state index contributed by atoms with van der Waals surface area (Å²) < 4.78 is 11.5. The normalized spacial score (nSPS) is 15.6. The average Bonchev–Trinajstić information content (AvgIpc) is 2.94. The number of carbonyl (C=O) groups is 1. The second kappa shape index (κ2) is 8.33. The van der Waals surface area contributed by atoms with Crippen molar-refractivity contribution >= 4 is 46.0 Å². The van der Waals surface area contributed by atoms with Gasteiger partial charge in [0.05, 0.1) is 30.5 Å². The Morgan fingerprint density at radius 1 is 1.31 bits per heavy atom. The van der Waals surface area contributed by atoms with E-state index < -0.39 is 0 Å². The van der Waals surface area contributed by atoms with Crippen molar-refractivity contribution in [3.8, 4) is 11.5 Å². The lowest BCUT2D eigenvalue weighted by atomic mass is 10.2. The highest BCUT2D eigenvalue weighted by Gasteiger charge is 2.33. The van der Waals surface area contributed by atoms with E-state index in [9.17, 15) is 4.79 Å². The van der Waals surface area contributed by atoms with Gasteiger partial charge in [0.15, 0.2) is 15.8 Å². The molecule has 0 saturated carbocycles. The number of aromatic nitrogens is 1. The fraction of sp³-hybridized carbons (Fsp3) is 0.211. The van der Waals surface area contributed by atoms with Crippen LogP contribution in [0.5, 0.6) is 11.5 Å². The fourth-order valence-electron chi connectivity index (χ4n) is 2.43. The maximum Gasteiger partial charge on any atom is 0.270 e. The lowest BCUT2D eigenvalue weighted by Gasteiger charge is -2.13. The van der Waals surface area contributed by atoms with Crippen LogP contribution in [0.25, 0.3) is 6.08 Å². The first-order valence-corrected chi connectivity index (χ1v) is 9.35. The molecule has 0 radical (unpaired) electrons. The number of amides is 1. The van der Waals surface area contributed by atoms with Gasteiger partial charge < -0.3 is 9.47 Å². The number of ether oxygens (including phenoxy) is 2. The molecule has 0 spiro atoms. The third kappa shape index (κ3) is 3.89. The van der Waals surface area contributed by atoms with Crippen molar-refractivity contribution in [2.45, 2.75) is 13.3 Å². The SMILES string of the molecule is CCCOc1ccc(/C=C2\SC(=S)N(c3cccnc3)C2=O)cc1OC. The van der Waals surface area contributed by atoms with Gasteiger partial charge in [0, 0.05) is 6.20 Å². The summed E-state index contributed by atoms with van der Waals surface area (Å²) in [7, 11) is 1.60. The van der Waals surface area contributed by atoms with Crippen molar-refractivity contribution in [2.24, 2.45) is 0 Å². The number of methoxy groups -OCH3 is 1. The van der Waals surface area contributed by atoms with Gasteiger partial charge in [-0.25, -0.2) is 0 Å². The zero-order chi connectivity index (χ0) is 18.5. The first-order chi connectivity index (χ1) is 12.6. The number of benzene rings is 1. The third-order valence-corrected chi connectivity index (χ3v) is 4.95. The molecule has 0 aliphatic carbocycles. The highest BCUT2D eigenvalue weighted by molar-refractivity contribution is 8.27. The summed E-state index contributed by atoms with van der Waals surface area (Å²) >= 11 is 6.64. The molecule has 5 nitrogen and oxygen atoms in total. The number of anilines is 1. The second-order valence-corrected chi connectivity index (χ2v) is 7.16. The van der Waals surface area contributed by atoms with Gasteiger partial charge in [0.1, 0.15) is 0 Å². The Morgan fingerprint density at radius 3 is 2.85 bits per heavy atom. The van der Waals surface area contributed by atoms with Crippen LogP contribution in [0.15, 0.2) is 47.6 Å². The van der Waals surface area contributed by atoms with Crippen molar-refractivity contribution in [1.82, 2.24) is 4.98 Å². The summed E-state index contributed by atoms with van der Waals surface area (Å²) in [5.74, 6) is 1.17. The number of hydrogen-bond donors (Lipinski definition) is 0. The predicted octanol–water partition coefficient (Wildman–Crippen LogP) is 4.28. The lowest BCUT2D eigenvalue weighted by molar-refractivity contribution is -0.113. The Hall–Kier alpha value is -2.38. The number of thiocarbonyl (C=S) groups is 1. The number of hydrogen-bond acceptors (Lipinski definition) is 6. The molecule has 2 heterocycles. The third-order valence-electron chi connectivity index (χ3n) is 3.64. The molecule has 1 saturated heterocycles. The molecule has 1 aliphatic heterocycles. The maximum atomic E-state index is 12.7. The topological polar surface area (TPSA) is 51.7 Å². The van der Waals surface area contributed by atoms with Crippen molar-refractivity contribution in [2.75, 3.05) is 18.6 Å². The molecule has 1 amide bonds. The minimum Gasteiger partial charge on any atom is -0.493 e. The van der Waals surface area contributed by atoms with E-state index in [0.717, 1.165) is 12.0 Å². The first kappa shape index (κ1) is 18.4. The van der Waals surface area contributed by atoms with Crippen LogP contribution in [0, 0.1) is 0 Å². The lowest BCUT2D eigenvalue weighted by Crippen LogP contribution is -2.27. The quantitative estimate of drug-likeness (QED) is 0.545. The summed E-state index contributed by atoms with van der Waals surface area (Å²) in [6.07, 6.45) is 6.01. The smallest absolute Gasteiger partial charge is 0.270 e. The Kier molecular flexibility index (Phi) is 5.90. The van der Waals surface area contributed by atoms with Crippen molar-refractivity contribution < 1.29 is 14.3 Å². The van der Waals surface area contributed by atoms with Crippen molar-refractivity contribution in [3.05, 3.63) is 53.2 Å². The van der Waals surface area contributed by atoms with Crippen LogP contribution >= 0.6 is 24.0 Å². The molecule has 1 aromatic heterocycles. The number of rotatable bonds is 6. The molecule has 7 heteroatoms. The second-order valence-electron chi connectivity index (χ2n) is 5.49. The first-order valence-electron chi connectivity index (χ1n) is 8.13. The Balaban J connectivity index is 1.86. The highest BCUT2D eigenvalue weighted by atomic mass is 32.2. The van der Waals surface area contributed by atoms with E-state index in [1.165, 1.54) is 16.7 Å². The largest absolute Gasteiger partial charge is 0.493 e. The predicted molar refractivity (Wildman–Crippen MR) is 109 cm³/mol. The molecule has 0 unspecified atom stereocenters. The molecule has 134 valence electrons. The van der Waals surface area contributed by atoms with Crippen LogP contribution in [0.2, 0.25) is 0 Å². The van der Waals surface area contributed by atoms with Crippen molar-refractivity contribution in [3.63, 3.8) is 0 Å². The van der Waals surface area contributed by atoms with Gasteiger partial charge in [-0.1, -0.05) is 37.0 Å². The van der Waals surface area contributed by atoms with Crippen LogP contribution in [0.4, 0.5) is 5.69 Å². The van der Waals surface area contributed by atoms with E-state index in [1.807, 2.05) is 37.3 Å². The average molecular weight is 386 g/mol. The molecule has 1 aliphatic rings. The summed E-state index contributed by atoms with van der Waals surface area (Å²) in [6.45, 7) is 2.67. The summed E-state index contributed by atoms with van der Waals surface area (Å²) in [5, 5.41) is 0. The van der Waals surface area contributed by atoms with Gasteiger partial charge in [-0.3, -0.25) is 14.7 Å². The zero-order valence-corrected chi connectivity index (χ0v) is 16.1. The fourth-order valence-corrected chi connectivity index (χ4v) is 3.73. The van der Waals surface area contributed by atoms with Crippen LogP contribution in [-0.2, 0) is 4.79 Å². The minimum absolute atomic E-state index is 0.154. The van der Waals surface area contributed by atoms with Gasteiger partial charge in [-0.15, -0.1) is 0 Å². The number of pyridine rings is 1. The van der Waals surface area contributed by atoms with Crippen molar-refractivity contribution in [1.29, 1.82) is 0 Å². The molecule has 3 rings (SSSR count).